The Labute approximate surface area is 102 Å². The molecule has 5 heteroatoms. The predicted octanol–water partition coefficient (Wildman–Crippen LogP) is 1.82. The number of aliphatic carboxylic acids is 1. The van der Waals surface area contributed by atoms with Crippen molar-refractivity contribution in [1.29, 1.82) is 0 Å². The van der Waals surface area contributed by atoms with E-state index in [0.29, 0.717) is 0 Å². The lowest BCUT2D eigenvalue weighted by atomic mass is 9.69. The van der Waals surface area contributed by atoms with Crippen molar-refractivity contribution in [1.82, 2.24) is 5.06 Å². The summed E-state index contributed by atoms with van der Waals surface area (Å²) in [6.45, 7) is 0. The summed E-state index contributed by atoms with van der Waals surface area (Å²) < 4.78 is 0. The predicted molar refractivity (Wildman–Crippen MR) is 62.2 cm³/mol. The monoisotopic (exact) mass is 243 g/mol. The minimum atomic E-state index is -0.820. The molecule has 0 saturated heterocycles. The first-order chi connectivity index (χ1) is 7.99. The van der Waals surface area contributed by atoms with E-state index in [1.165, 1.54) is 12.2 Å². The molecule has 1 N–H and O–H groups in total. The summed E-state index contributed by atoms with van der Waals surface area (Å²) in [6, 6.07) is 0. The Morgan fingerprint density at radius 3 is 2.29 bits per heavy atom. The van der Waals surface area contributed by atoms with Crippen LogP contribution in [0.1, 0.15) is 44.9 Å². The Balaban J connectivity index is 2.69. The summed E-state index contributed by atoms with van der Waals surface area (Å²) in [7, 11) is 2.99. The molecule has 98 valence electrons. The molecule has 5 nitrogen and oxygen atoms in total. The molecule has 0 atom stereocenters. The summed E-state index contributed by atoms with van der Waals surface area (Å²) >= 11 is 0. The first-order valence-corrected chi connectivity index (χ1v) is 6.01. The maximum absolute atomic E-state index is 11.8. The Hall–Kier alpha value is -1.10. The molecule has 0 unspecified atom stereocenters. The van der Waals surface area contributed by atoms with Gasteiger partial charge in [0.2, 0.25) is 5.91 Å². The molecule has 0 spiro atoms. The van der Waals surface area contributed by atoms with Crippen LogP contribution < -0.4 is 0 Å². The Morgan fingerprint density at radius 1 is 1.24 bits per heavy atom. The van der Waals surface area contributed by atoms with E-state index >= 15 is 0 Å². The van der Waals surface area contributed by atoms with Crippen LogP contribution in [0.5, 0.6) is 0 Å². The molecule has 1 amide bonds. The lowest BCUT2D eigenvalue weighted by Crippen LogP contribution is -2.35. The van der Waals surface area contributed by atoms with E-state index in [-0.39, 0.29) is 24.2 Å². The van der Waals surface area contributed by atoms with Crippen molar-refractivity contribution in [3.63, 3.8) is 0 Å². The first-order valence-electron chi connectivity index (χ1n) is 6.01. The summed E-state index contributed by atoms with van der Waals surface area (Å²) in [5.41, 5.74) is -0.367. The number of carboxylic acid groups (broad SMARTS) is 1. The van der Waals surface area contributed by atoms with Crippen molar-refractivity contribution < 1.29 is 19.5 Å². The molecule has 1 rings (SSSR count). The van der Waals surface area contributed by atoms with Crippen molar-refractivity contribution in [3.8, 4) is 0 Å². The SMILES string of the molecule is CON(C)C(=O)CC1(CC(=O)O)CCCCC1. The third-order valence-electron chi connectivity index (χ3n) is 3.59. The number of carboxylic acids is 1. The average molecular weight is 243 g/mol. The Morgan fingerprint density at radius 2 is 1.82 bits per heavy atom. The number of hydrogen-bond acceptors (Lipinski definition) is 3. The largest absolute Gasteiger partial charge is 0.481 e. The van der Waals surface area contributed by atoms with E-state index in [1.807, 2.05) is 0 Å². The fourth-order valence-electron chi connectivity index (χ4n) is 2.57. The van der Waals surface area contributed by atoms with Gasteiger partial charge in [0.05, 0.1) is 13.5 Å². The molecule has 0 aromatic heterocycles. The smallest absolute Gasteiger partial charge is 0.303 e. The highest BCUT2D eigenvalue weighted by atomic mass is 16.7. The Bertz CT molecular complexity index is 284. The number of nitrogens with zero attached hydrogens (tertiary/aromatic N) is 1. The van der Waals surface area contributed by atoms with Gasteiger partial charge in [-0.3, -0.25) is 14.4 Å². The molecule has 0 bridgehead atoms. The summed E-state index contributed by atoms with van der Waals surface area (Å²) in [5, 5.41) is 10.2. The van der Waals surface area contributed by atoms with Gasteiger partial charge in [0.15, 0.2) is 0 Å². The lowest BCUT2D eigenvalue weighted by molar-refractivity contribution is -0.172. The van der Waals surface area contributed by atoms with E-state index in [1.54, 1.807) is 7.05 Å². The van der Waals surface area contributed by atoms with Crippen LogP contribution in [0.15, 0.2) is 0 Å². The van der Waals surface area contributed by atoms with Crippen molar-refractivity contribution in [3.05, 3.63) is 0 Å². The van der Waals surface area contributed by atoms with Gasteiger partial charge in [-0.25, -0.2) is 5.06 Å². The van der Waals surface area contributed by atoms with Crippen LogP contribution in [0.3, 0.4) is 0 Å². The minimum absolute atomic E-state index is 0.0797. The summed E-state index contributed by atoms with van der Waals surface area (Å²) in [4.78, 5) is 27.6. The van der Waals surface area contributed by atoms with Gasteiger partial charge in [-0.05, 0) is 18.3 Å². The number of rotatable bonds is 5. The minimum Gasteiger partial charge on any atom is -0.481 e. The highest BCUT2D eigenvalue weighted by molar-refractivity contribution is 5.77. The molecule has 0 heterocycles. The van der Waals surface area contributed by atoms with E-state index in [0.717, 1.165) is 32.1 Å². The normalized spacial score (nSPS) is 18.7. The molecule has 0 radical (unpaired) electrons. The highest BCUT2D eigenvalue weighted by Gasteiger charge is 2.37. The van der Waals surface area contributed by atoms with Crippen LogP contribution in [0, 0.1) is 5.41 Å². The number of amides is 1. The van der Waals surface area contributed by atoms with Gasteiger partial charge in [-0.1, -0.05) is 19.3 Å². The van der Waals surface area contributed by atoms with Crippen molar-refractivity contribution in [2.24, 2.45) is 5.41 Å². The molecular weight excluding hydrogens is 222 g/mol. The van der Waals surface area contributed by atoms with Crippen molar-refractivity contribution in [2.45, 2.75) is 44.9 Å². The van der Waals surface area contributed by atoms with Crippen LogP contribution in [0.4, 0.5) is 0 Å². The number of carbonyl (C=O) groups is 2. The second-order valence-electron chi connectivity index (χ2n) is 4.88. The summed E-state index contributed by atoms with van der Waals surface area (Å²) in [5.74, 6) is -0.963. The third-order valence-corrected chi connectivity index (χ3v) is 3.59. The molecule has 0 aromatic carbocycles. The number of hydroxylamine groups is 2. The average Bonchev–Trinajstić information content (AvgIpc) is 2.27. The quantitative estimate of drug-likeness (QED) is 0.748. The molecule has 17 heavy (non-hydrogen) atoms. The highest BCUT2D eigenvalue weighted by Crippen LogP contribution is 2.42. The van der Waals surface area contributed by atoms with Gasteiger partial charge in [0.1, 0.15) is 0 Å². The van der Waals surface area contributed by atoms with Gasteiger partial charge in [0, 0.05) is 13.5 Å². The van der Waals surface area contributed by atoms with Gasteiger partial charge >= 0.3 is 5.97 Å². The van der Waals surface area contributed by atoms with Crippen LogP contribution in [-0.4, -0.2) is 36.2 Å². The van der Waals surface area contributed by atoms with Gasteiger partial charge in [-0.15, -0.1) is 0 Å². The molecular formula is C12H21NO4. The van der Waals surface area contributed by atoms with Crippen molar-refractivity contribution >= 4 is 11.9 Å². The first kappa shape index (κ1) is 14.0. The zero-order valence-corrected chi connectivity index (χ0v) is 10.6. The molecule has 1 saturated carbocycles. The molecule has 0 aliphatic heterocycles. The second kappa shape index (κ2) is 6.00. The van der Waals surface area contributed by atoms with E-state index in [2.05, 4.69) is 0 Å². The molecule has 1 fully saturated rings. The van der Waals surface area contributed by atoms with Gasteiger partial charge in [0.25, 0.3) is 0 Å². The maximum Gasteiger partial charge on any atom is 0.303 e. The topological polar surface area (TPSA) is 66.8 Å². The van der Waals surface area contributed by atoms with Crippen LogP contribution in [0.2, 0.25) is 0 Å². The molecule has 1 aliphatic rings. The Kier molecular flexibility index (Phi) is 4.93. The second-order valence-corrected chi connectivity index (χ2v) is 4.88. The van der Waals surface area contributed by atoms with Crippen molar-refractivity contribution in [2.75, 3.05) is 14.2 Å². The third kappa shape index (κ3) is 4.00. The van der Waals surface area contributed by atoms with Crippen LogP contribution >= 0.6 is 0 Å². The zero-order valence-electron chi connectivity index (χ0n) is 10.6. The fourth-order valence-corrected chi connectivity index (χ4v) is 2.57. The maximum atomic E-state index is 11.8. The van der Waals surface area contributed by atoms with E-state index in [4.69, 9.17) is 9.94 Å². The fraction of sp³-hybridized carbons (Fsp3) is 0.833. The van der Waals surface area contributed by atoms with Gasteiger partial charge in [-0.2, -0.15) is 0 Å². The number of hydrogen-bond donors (Lipinski definition) is 1. The standard InChI is InChI=1S/C12H21NO4/c1-13(17-2)10(14)8-12(9-11(15)16)6-4-3-5-7-12/h3-9H2,1-2H3,(H,15,16). The van der Waals surface area contributed by atoms with Gasteiger partial charge < -0.3 is 5.11 Å². The van der Waals surface area contributed by atoms with E-state index < -0.39 is 5.97 Å². The zero-order chi connectivity index (χ0) is 12.9. The summed E-state index contributed by atoms with van der Waals surface area (Å²) in [6.07, 6.45) is 5.15. The van der Waals surface area contributed by atoms with Crippen LogP contribution in [-0.2, 0) is 14.4 Å². The number of carbonyl (C=O) groups excluding carboxylic acids is 1. The van der Waals surface area contributed by atoms with E-state index in [9.17, 15) is 9.59 Å². The lowest BCUT2D eigenvalue weighted by Gasteiger charge is -2.36. The molecule has 0 aromatic rings. The van der Waals surface area contributed by atoms with Crippen LogP contribution in [0.25, 0.3) is 0 Å². The molecule has 1 aliphatic carbocycles.